The van der Waals surface area contributed by atoms with Crippen molar-refractivity contribution < 1.29 is 43.1 Å². The van der Waals surface area contributed by atoms with Gasteiger partial charge in [-0.05, 0) is 139 Å². The van der Waals surface area contributed by atoms with E-state index >= 15 is 0 Å². The Morgan fingerprint density at radius 1 is 0.486 bits per heavy atom. The highest BCUT2D eigenvalue weighted by atomic mass is 35.5. The molecule has 2 N–H and O–H groups in total. The van der Waals surface area contributed by atoms with Crippen LogP contribution >= 0.6 is 69.6 Å². The maximum atomic E-state index is 12.5. The smallest absolute Gasteiger partial charge is 0.349 e. The average molecular weight is 1560 g/mol. The molecule has 0 aliphatic carbocycles. The highest BCUT2D eigenvalue weighted by Gasteiger charge is 2.55. The summed E-state index contributed by atoms with van der Waals surface area (Å²) in [6.07, 6.45) is 13.1. The van der Waals surface area contributed by atoms with E-state index in [2.05, 4.69) is 83.4 Å². The van der Waals surface area contributed by atoms with Crippen molar-refractivity contribution in [1.82, 2.24) is 50.3 Å². The zero-order valence-corrected chi connectivity index (χ0v) is 64.0. The molecule has 6 aromatic heterocycles. The van der Waals surface area contributed by atoms with Crippen LogP contribution in [-0.4, -0.2) is 107 Å². The van der Waals surface area contributed by atoms with E-state index in [0.29, 0.717) is 67.4 Å². The van der Waals surface area contributed by atoms with E-state index in [9.17, 15) is 48.9 Å². The van der Waals surface area contributed by atoms with Crippen LogP contribution < -0.4 is 10.6 Å². The predicted octanol–water partition coefficient (Wildman–Crippen LogP) is 14.5. The van der Waals surface area contributed by atoms with Crippen LogP contribution in [0, 0.1) is 45.8 Å². The van der Waals surface area contributed by atoms with E-state index in [1.165, 1.54) is 67.4 Å². The summed E-state index contributed by atoms with van der Waals surface area (Å²) in [5, 5.41) is 34.1. The molecule has 12 rings (SSSR count). The Kier molecular flexibility index (Phi) is 30.6. The minimum Gasteiger partial charge on any atom is -0.462 e. The molecule has 2 atom stereocenters. The number of amides is 6. The van der Waals surface area contributed by atoms with Gasteiger partial charge < -0.3 is 4.74 Å². The summed E-state index contributed by atoms with van der Waals surface area (Å²) in [6, 6.07) is 46.4. The van der Waals surface area contributed by atoms with Gasteiger partial charge in [0.1, 0.15) is 54.4 Å². The second-order valence-electron chi connectivity index (χ2n) is 26.3. The molecule has 28 heteroatoms. The summed E-state index contributed by atoms with van der Waals surface area (Å²) < 4.78 is 4.80. The molecule has 107 heavy (non-hydrogen) atoms. The number of piperidine rings is 4. The number of carbonyl (C=O) groups excluding carboxylic acids is 8. The SMILES string of the molecule is CC(=O)c1ccc(Cl)nc1.CC1(c2ccc(Cl)nc2)C(C#N)C(=O)NC(=O)C1C#N.CC1(c2ccc(Cl)nc2)CC(=O)N(Cc2ccccc2)C(=O)C1.CC1(c2ccc(Cl)nc2)CC(=O)NC(=O)C1.CC1(c2ccc(Cl)nc2)CCN(Cc2ccccc2)CC1.CCOC(=O)/C(C#N)=C(\C)c1ccc(Cl)nc1. The summed E-state index contributed by atoms with van der Waals surface area (Å²) in [5.41, 5.74) is 5.55. The molecule has 10 heterocycles. The fourth-order valence-electron chi connectivity index (χ4n) is 12.2. The Hall–Kier alpha value is -10.2. The van der Waals surface area contributed by atoms with Crippen LogP contribution in [0.15, 0.2) is 176 Å². The number of aromatic nitrogens is 6. The average Bonchev–Trinajstić information content (AvgIpc) is 0.746. The van der Waals surface area contributed by atoms with Crippen molar-refractivity contribution in [2.24, 2.45) is 11.8 Å². The minimum atomic E-state index is -1.26. The van der Waals surface area contributed by atoms with Crippen LogP contribution in [0.1, 0.15) is 136 Å². The number of nitrogens with zero attached hydrogens (tertiary/aromatic N) is 11. The molecule has 4 aliphatic rings. The number of Topliss-reactive ketones (excluding diaryl/α,β-unsaturated/α-hetero) is 1. The number of esters is 1. The number of nitriles is 3. The molecule has 0 bridgehead atoms. The second-order valence-corrected chi connectivity index (χ2v) is 28.7. The molecule has 0 radical (unpaired) electrons. The van der Waals surface area contributed by atoms with Gasteiger partial charge >= 0.3 is 5.97 Å². The van der Waals surface area contributed by atoms with Crippen LogP contribution in [0.25, 0.3) is 5.57 Å². The molecule has 4 saturated heterocycles. The first kappa shape index (κ1) is 84.1. The lowest BCUT2D eigenvalue weighted by Crippen LogP contribution is -2.58. The van der Waals surface area contributed by atoms with Crippen molar-refractivity contribution in [2.75, 3.05) is 19.7 Å². The van der Waals surface area contributed by atoms with Crippen LogP contribution in [0.2, 0.25) is 30.9 Å². The van der Waals surface area contributed by atoms with Gasteiger partial charge in [-0.15, -0.1) is 0 Å². The predicted molar refractivity (Wildman–Crippen MR) is 406 cm³/mol. The maximum absolute atomic E-state index is 12.5. The van der Waals surface area contributed by atoms with Gasteiger partial charge in [0.05, 0.1) is 25.3 Å². The number of halogens is 6. The van der Waals surface area contributed by atoms with Crippen LogP contribution in [-0.2, 0) is 73.0 Å². The lowest BCUT2D eigenvalue weighted by atomic mass is 9.62. The van der Waals surface area contributed by atoms with Gasteiger partial charge in [-0.2, -0.15) is 15.8 Å². The molecule has 6 amide bonds. The highest BCUT2D eigenvalue weighted by molar-refractivity contribution is 6.31. The molecule has 0 saturated carbocycles. The normalized spacial score (nSPS) is 18.4. The van der Waals surface area contributed by atoms with E-state index in [-0.39, 0.29) is 65.0 Å². The molecule has 2 aromatic carbocycles. The van der Waals surface area contributed by atoms with Gasteiger partial charge in [-0.25, -0.2) is 34.7 Å². The van der Waals surface area contributed by atoms with E-state index in [0.717, 1.165) is 36.3 Å². The number of carbonyl (C=O) groups is 8. The maximum Gasteiger partial charge on any atom is 0.349 e. The van der Waals surface area contributed by atoms with Crippen molar-refractivity contribution in [2.45, 2.75) is 122 Å². The van der Waals surface area contributed by atoms with E-state index in [4.69, 9.17) is 79.6 Å². The number of allylic oxidation sites excluding steroid dienone is 1. The molecule has 4 fully saturated rings. The molecule has 22 nitrogen and oxygen atoms in total. The Bertz CT molecular complexity index is 4560. The number of hydrogen-bond acceptors (Lipinski definition) is 19. The zero-order valence-electron chi connectivity index (χ0n) is 59.5. The van der Waals surface area contributed by atoms with Crippen LogP contribution in [0.3, 0.4) is 0 Å². The van der Waals surface area contributed by atoms with Gasteiger partial charge in [0, 0.05) is 91.2 Å². The number of ketones is 1. The molecule has 2 unspecified atom stereocenters. The lowest BCUT2D eigenvalue weighted by Gasteiger charge is -2.39. The third kappa shape index (κ3) is 23.2. The summed E-state index contributed by atoms with van der Waals surface area (Å²) in [7, 11) is 0. The van der Waals surface area contributed by atoms with Gasteiger partial charge in [-0.3, -0.25) is 54.0 Å². The Balaban J connectivity index is 0.000000182. The highest BCUT2D eigenvalue weighted by Crippen LogP contribution is 2.43. The number of imide groups is 3. The van der Waals surface area contributed by atoms with Crippen molar-refractivity contribution in [3.8, 4) is 18.2 Å². The lowest BCUT2D eigenvalue weighted by molar-refractivity contribution is -0.151. The van der Waals surface area contributed by atoms with Gasteiger partial charge in [0.15, 0.2) is 5.78 Å². The monoisotopic (exact) mass is 1560 g/mol. The van der Waals surface area contributed by atoms with Crippen LogP contribution in [0.5, 0.6) is 0 Å². The van der Waals surface area contributed by atoms with E-state index < -0.39 is 45.9 Å². The summed E-state index contributed by atoms with van der Waals surface area (Å²) in [5.74, 6) is -5.14. The first-order valence-electron chi connectivity index (χ1n) is 33.5. The second kappa shape index (κ2) is 38.9. The van der Waals surface area contributed by atoms with Crippen molar-refractivity contribution in [3.05, 3.63) is 252 Å². The number of pyridine rings is 6. The minimum absolute atomic E-state index is 0.00386. The summed E-state index contributed by atoms with van der Waals surface area (Å²) in [6.45, 7) is 16.4. The van der Waals surface area contributed by atoms with Gasteiger partial charge in [0.2, 0.25) is 35.4 Å². The van der Waals surface area contributed by atoms with E-state index in [1.54, 1.807) is 74.8 Å². The molecular formula is C79H75Cl6N13O9. The fraction of sp³-hybridized carbons (Fsp3) is 0.304. The Labute approximate surface area is 650 Å². The van der Waals surface area contributed by atoms with E-state index in [1.807, 2.05) is 86.0 Å². The number of ether oxygens (including phenoxy) is 1. The largest absolute Gasteiger partial charge is 0.462 e. The quantitative estimate of drug-likeness (QED) is 0.0286. The van der Waals surface area contributed by atoms with Crippen molar-refractivity contribution in [1.29, 1.82) is 15.8 Å². The number of rotatable bonds is 12. The first-order chi connectivity index (χ1) is 50.9. The summed E-state index contributed by atoms with van der Waals surface area (Å²) in [4.78, 5) is 121. The molecule has 8 aromatic rings. The number of nitrogens with one attached hydrogen (secondary N) is 2. The van der Waals surface area contributed by atoms with Crippen LogP contribution in [0.4, 0.5) is 0 Å². The third-order valence-electron chi connectivity index (χ3n) is 18.6. The standard InChI is InChI=1S/C18H17ClN2O2.C18H21ClN2.C13H9ClN4O2.C12H11ClN2O2.C11H11ClN2O2.C7H6ClNO/c1-18(14-7-8-15(19)20-11-14)9-16(22)21(17(23)10-18)12-13-5-3-2-4-6-13;1-18(16-7-8-17(19)20-13-16)9-11-21(12-10-18)14-15-5-3-2-4-6-15;1-13(7-2-3-10(14)17-6-7)8(4-15)11(19)18-12(20)9(13)5-16;1-3-17-12(16)10(6-14)8(2)9-4-5-11(13)15-7-9;1-11(4-9(15)14-10(16)5-11)7-2-3-8(12)13-6-7;1-5(10)6-2-3-7(8)9-4-6/h2-8,11H,9-10,12H2,1H3;2-8,13H,9-12,14H2,1H3;2-3,6,8-9H,1H3,(H,18,19,20);4-5,7H,3H2,1-2H3;2-3,6H,4-5H2,1H3,(H,14,15,16);2-4H,1H3/b;;;10-8+;;. The van der Waals surface area contributed by atoms with Gasteiger partial charge in [0.25, 0.3) is 0 Å². The molecule has 0 spiro atoms. The molecular weight excluding hydrogens is 1490 g/mol. The van der Waals surface area contributed by atoms with Crippen molar-refractivity contribution in [3.63, 3.8) is 0 Å². The fourth-order valence-corrected chi connectivity index (χ4v) is 12.8. The van der Waals surface area contributed by atoms with Crippen molar-refractivity contribution >= 4 is 122 Å². The number of benzene rings is 2. The topological polar surface area (TPSA) is 325 Å². The molecule has 4 aliphatic heterocycles. The summed E-state index contributed by atoms with van der Waals surface area (Å²) >= 11 is 34.3. The Morgan fingerprint density at radius 3 is 1.22 bits per heavy atom. The Morgan fingerprint density at radius 2 is 0.860 bits per heavy atom. The number of likely N-dealkylation sites (tertiary alicyclic amines) is 2. The first-order valence-corrected chi connectivity index (χ1v) is 35.8. The number of hydrogen-bond donors (Lipinski definition) is 2. The zero-order chi connectivity index (χ0) is 78.2. The third-order valence-corrected chi connectivity index (χ3v) is 19.9. The van der Waals surface area contributed by atoms with Gasteiger partial charge in [-0.1, -0.05) is 188 Å². The molecule has 552 valence electrons.